The van der Waals surface area contributed by atoms with E-state index in [9.17, 15) is 18.0 Å². The fourth-order valence-corrected chi connectivity index (χ4v) is 3.14. The summed E-state index contributed by atoms with van der Waals surface area (Å²) in [6, 6.07) is 1.11. The highest BCUT2D eigenvalue weighted by Gasteiger charge is 2.56. The summed E-state index contributed by atoms with van der Waals surface area (Å²) >= 11 is 0. The molecule has 0 aliphatic carbocycles. The molecule has 136 valence electrons. The first-order valence-corrected chi connectivity index (χ1v) is 8.20. The molecule has 0 spiro atoms. The maximum atomic E-state index is 13.1. The third kappa shape index (κ3) is 4.02. The smallest absolute Gasteiger partial charge is 0.319 e. The Labute approximate surface area is 140 Å². The van der Waals surface area contributed by atoms with Crippen molar-refractivity contribution in [1.29, 1.82) is 0 Å². The van der Waals surface area contributed by atoms with Gasteiger partial charge in [0.15, 0.2) is 5.82 Å². The summed E-state index contributed by atoms with van der Waals surface area (Å²) in [6.07, 6.45) is -1.67. The lowest BCUT2D eigenvalue weighted by atomic mass is 9.88. The fraction of sp³-hybridized carbons (Fsp3) is 0.750. The number of rotatable bonds is 4. The minimum absolute atomic E-state index is 0.0766. The molecule has 0 unspecified atom stereocenters. The highest BCUT2D eigenvalue weighted by atomic mass is 19.4. The SMILES string of the molecule is CC(C)CCn1ccc(NC(=O)N2CC[C@H](C(F)(F)F)C2(C)C)n1. The van der Waals surface area contributed by atoms with Crippen molar-refractivity contribution in [2.24, 2.45) is 11.8 Å². The van der Waals surface area contributed by atoms with Crippen LogP contribution in [0.15, 0.2) is 12.3 Å². The summed E-state index contributed by atoms with van der Waals surface area (Å²) in [5.74, 6) is -0.619. The van der Waals surface area contributed by atoms with E-state index in [1.54, 1.807) is 16.9 Å². The summed E-state index contributed by atoms with van der Waals surface area (Å²) in [6.45, 7) is 7.95. The van der Waals surface area contributed by atoms with E-state index in [2.05, 4.69) is 24.3 Å². The van der Waals surface area contributed by atoms with Gasteiger partial charge in [0.2, 0.25) is 0 Å². The summed E-state index contributed by atoms with van der Waals surface area (Å²) in [5.41, 5.74) is -1.28. The number of amides is 2. The largest absolute Gasteiger partial charge is 0.394 e. The number of carbonyl (C=O) groups is 1. The van der Waals surface area contributed by atoms with Crippen LogP contribution in [0.4, 0.5) is 23.8 Å². The van der Waals surface area contributed by atoms with Crippen LogP contribution in [-0.2, 0) is 6.54 Å². The third-order valence-corrected chi connectivity index (χ3v) is 4.64. The van der Waals surface area contributed by atoms with Crippen LogP contribution in [0.3, 0.4) is 0 Å². The van der Waals surface area contributed by atoms with Crippen molar-refractivity contribution in [3.8, 4) is 0 Å². The van der Waals surface area contributed by atoms with Gasteiger partial charge in [0.1, 0.15) is 0 Å². The topological polar surface area (TPSA) is 50.2 Å². The van der Waals surface area contributed by atoms with Crippen LogP contribution in [0, 0.1) is 11.8 Å². The van der Waals surface area contributed by atoms with Gasteiger partial charge < -0.3 is 4.90 Å². The second-order valence-corrected chi connectivity index (χ2v) is 7.26. The number of carbonyl (C=O) groups excluding carboxylic acids is 1. The van der Waals surface area contributed by atoms with E-state index >= 15 is 0 Å². The molecule has 8 heteroatoms. The number of hydrogen-bond donors (Lipinski definition) is 1. The van der Waals surface area contributed by atoms with Crippen LogP contribution in [-0.4, -0.2) is 39.0 Å². The summed E-state index contributed by atoms with van der Waals surface area (Å²) in [7, 11) is 0. The Kier molecular flexibility index (Phi) is 5.15. The lowest BCUT2D eigenvalue weighted by Crippen LogP contribution is -2.51. The number of aromatic nitrogens is 2. The molecule has 24 heavy (non-hydrogen) atoms. The van der Waals surface area contributed by atoms with Crippen molar-refractivity contribution in [1.82, 2.24) is 14.7 Å². The number of likely N-dealkylation sites (tertiary alicyclic amines) is 1. The highest BCUT2D eigenvalue weighted by molar-refractivity contribution is 5.89. The first-order valence-electron chi connectivity index (χ1n) is 8.20. The Balaban J connectivity index is 2.00. The molecule has 2 heterocycles. The van der Waals surface area contributed by atoms with E-state index in [0.29, 0.717) is 11.7 Å². The quantitative estimate of drug-likeness (QED) is 0.891. The maximum Gasteiger partial charge on any atom is 0.394 e. The summed E-state index contributed by atoms with van der Waals surface area (Å²) in [4.78, 5) is 13.6. The van der Waals surface area contributed by atoms with E-state index in [0.717, 1.165) is 13.0 Å². The van der Waals surface area contributed by atoms with Gasteiger partial charge in [-0.1, -0.05) is 13.8 Å². The molecule has 1 aromatic heterocycles. The minimum atomic E-state index is -4.31. The Bertz CT molecular complexity index is 580. The summed E-state index contributed by atoms with van der Waals surface area (Å²) in [5, 5.41) is 6.85. The van der Waals surface area contributed by atoms with E-state index < -0.39 is 23.7 Å². The van der Waals surface area contributed by atoms with Gasteiger partial charge in [-0.05, 0) is 32.6 Å². The van der Waals surface area contributed by atoms with Crippen molar-refractivity contribution in [2.45, 2.75) is 58.8 Å². The first-order chi connectivity index (χ1) is 11.0. The molecule has 1 fully saturated rings. The number of halogens is 3. The molecule has 2 rings (SSSR count). The van der Waals surface area contributed by atoms with Crippen LogP contribution in [0.25, 0.3) is 0 Å². The number of nitrogens with one attached hydrogen (secondary N) is 1. The zero-order valence-electron chi connectivity index (χ0n) is 14.5. The number of nitrogens with zero attached hydrogens (tertiary/aromatic N) is 3. The van der Waals surface area contributed by atoms with Crippen LogP contribution >= 0.6 is 0 Å². The average molecular weight is 346 g/mol. The molecule has 1 aromatic rings. The predicted octanol–water partition coefficient (Wildman–Crippen LogP) is 4.12. The lowest BCUT2D eigenvalue weighted by molar-refractivity contribution is -0.189. The average Bonchev–Trinajstić information content (AvgIpc) is 2.99. The number of aryl methyl sites for hydroxylation is 1. The normalized spacial score (nSPS) is 20.7. The Morgan fingerprint density at radius 3 is 2.67 bits per heavy atom. The number of hydrogen-bond acceptors (Lipinski definition) is 2. The highest BCUT2D eigenvalue weighted by Crippen LogP contribution is 2.44. The zero-order chi connectivity index (χ0) is 18.1. The monoisotopic (exact) mass is 346 g/mol. The van der Waals surface area contributed by atoms with Gasteiger partial charge in [-0.3, -0.25) is 10.00 Å². The molecule has 1 aliphatic heterocycles. The second-order valence-electron chi connectivity index (χ2n) is 7.26. The van der Waals surface area contributed by atoms with Gasteiger partial charge in [0.05, 0.1) is 11.5 Å². The van der Waals surface area contributed by atoms with Gasteiger partial charge >= 0.3 is 12.2 Å². The van der Waals surface area contributed by atoms with Crippen molar-refractivity contribution >= 4 is 11.8 Å². The fourth-order valence-electron chi connectivity index (χ4n) is 3.14. The third-order valence-electron chi connectivity index (χ3n) is 4.64. The maximum absolute atomic E-state index is 13.1. The van der Waals surface area contributed by atoms with E-state index in [1.807, 2.05) is 0 Å². The molecule has 0 bridgehead atoms. The van der Waals surface area contributed by atoms with E-state index in [4.69, 9.17) is 0 Å². The Morgan fingerprint density at radius 2 is 2.12 bits per heavy atom. The molecule has 1 aliphatic rings. The Hall–Kier alpha value is -1.73. The van der Waals surface area contributed by atoms with Crippen LogP contribution < -0.4 is 5.32 Å². The van der Waals surface area contributed by atoms with Gasteiger partial charge in [-0.2, -0.15) is 18.3 Å². The molecule has 1 atom stereocenters. The molecule has 0 radical (unpaired) electrons. The lowest BCUT2D eigenvalue weighted by Gasteiger charge is -2.36. The van der Waals surface area contributed by atoms with Gasteiger partial charge in [0.25, 0.3) is 0 Å². The van der Waals surface area contributed by atoms with E-state index in [-0.39, 0.29) is 13.0 Å². The minimum Gasteiger partial charge on any atom is -0.319 e. The zero-order valence-corrected chi connectivity index (χ0v) is 14.5. The molecule has 0 saturated carbocycles. The first kappa shape index (κ1) is 18.6. The molecule has 0 aromatic carbocycles. The van der Waals surface area contributed by atoms with E-state index in [1.165, 1.54) is 18.7 Å². The van der Waals surface area contributed by atoms with Crippen molar-refractivity contribution in [2.75, 3.05) is 11.9 Å². The second kappa shape index (κ2) is 6.64. The van der Waals surface area contributed by atoms with Gasteiger partial charge in [-0.15, -0.1) is 0 Å². The van der Waals surface area contributed by atoms with Crippen molar-refractivity contribution < 1.29 is 18.0 Å². The van der Waals surface area contributed by atoms with Crippen LogP contribution in [0.2, 0.25) is 0 Å². The predicted molar refractivity (Wildman–Crippen MR) is 85.6 cm³/mol. The summed E-state index contributed by atoms with van der Waals surface area (Å²) < 4.78 is 41.0. The van der Waals surface area contributed by atoms with Crippen molar-refractivity contribution in [3.63, 3.8) is 0 Å². The number of urea groups is 1. The molecule has 1 saturated heterocycles. The number of anilines is 1. The van der Waals surface area contributed by atoms with Crippen LogP contribution in [0.1, 0.15) is 40.5 Å². The molecular weight excluding hydrogens is 321 g/mol. The molecule has 1 N–H and O–H groups in total. The molecular formula is C16H25F3N4O. The standard InChI is InChI=1S/C16H25F3N4O/c1-11(2)5-8-22-9-7-13(21-22)20-14(24)23-10-6-12(15(23,3)4)16(17,18)19/h7,9,11-12H,5-6,8,10H2,1-4H3,(H,20,21,24)/t12-/m0/s1. The Morgan fingerprint density at radius 1 is 1.46 bits per heavy atom. The van der Waals surface area contributed by atoms with Gasteiger partial charge in [0, 0.05) is 25.4 Å². The van der Waals surface area contributed by atoms with Crippen LogP contribution in [0.5, 0.6) is 0 Å². The van der Waals surface area contributed by atoms with Gasteiger partial charge in [-0.25, -0.2) is 4.79 Å². The van der Waals surface area contributed by atoms with Crippen molar-refractivity contribution in [3.05, 3.63) is 12.3 Å². The number of alkyl halides is 3. The molecule has 5 nitrogen and oxygen atoms in total. The molecule has 2 amide bonds.